The molecule has 2 heterocycles. The Morgan fingerprint density at radius 2 is 1.86 bits per heavy atom. The normalized spacial score (nSPS) is 10.9. The summed E-state index contributed by atoms with van der Waals surface area (Å²) in [6.45, 7) is 3.99. The van der Waals surface area contributed by atoms with Gasteiger partial charge in [-0.25, -0.2) is 18.7 Å². The number of carbonyl (C=O) groups excluding carboxylic acids is 1. The summed E-state index contributed by atoms with van der Waals surface area (Å²) in [6.07, 6.45) is 1.49. The third-order valence-electron chi connectivity index (χ3n) is 4.51. The largest absolute Gasteiger partial charge is 0.289 e. The first kappa shape index (κ1) is 18.5. The molecule has 0 fully saturated rings. The summed E-state index contributed by atoms with van der Waals surface area (Å²) in [5, 5.41) is 11.4. The summed E-state index contributed by atoms with van der Waals surface area (Å²) in [7, 11) is 0. The average molecular weight is 390 g/mol. The highest BCUT2D eigenvalue weighted by Gasteiger charge is 2.20. The second-order valence-electron chi connectivity index (χ2n) is 6.64. The number of aromatic nitrogens is 5. The lowest BCUT2D eigenvalue weighted by atomic mass is 10.2. The van der Waals surface area contributed by atoms with Gasteiger partial charge in [0.2, 0.25) is 5.95 Å². The fourth-order valence-electron chi connectivity index (χ4n) is 3.21. The molecule has 4 rings (SSSR count). The Morgan fingerprint density at radius 1 is 1.07 bits per heavy atom. The Hall–Kier alpha value is -3.81. The molecule has 8 heteroatoms. The molecule has 0 unspecified atom stereocenters. The van der Waals surface area contributed by atoms with Gasteiger partial charge in [0.1, 0.15) is 12.1 Å². The Balaban J connectivity index is 1.52. The van der Waals surface area contributed by atoms with Crippen LogP contribution in [-0.4, -0.2) is 30.5 Å². The van der Waals surface area contributed by atoms with Crippen LogP contribution in [0.15, 0.2) is 60.9 Å². The predicted octanol–water partition coefficient (Wildman–Crippen LogP) is 3.52. The van der Waals surface area contributed by atoms with Gasteiger partial charge in [0.15, 0.2) is 0 Å². The standard InChI is InChI=1S/C21H19FN6O/c1-14-19(15(2)28(25-14)18-9-4-3-5-10-18)20(29)24-21-23-13-27(26-21)12-16-7-6-8-17(22)11-16/h3-11,13H,12H2,1-2H3,(H,24,26,29). The van der Waals surface area contributed by atoms with Crippen LogP contribution in [0.2, 0.25) is 0 Å². The number of hydrogen-bond acceptors (Lipinski definition) is 4. The van der Waals surface area contributed by atoms with Crippen molar-refractivity contribution >= 4 is 11.9 Å². The van der Waals surface area contributed by atoms with E-state index in [0.29, 0.717) is 17.8 Å². The van der Waals surface area contributed by atoms with E-state index in [-0.39, 0.29) is 17.7 Å². The molecule has 7 nitrogen and oxygen atoms in total. The molecule has 2 aromatic carbocycles. The van der Waals surface area contributed by atoms with E-state index >= 15 is 0 Å². The molecule has 1 N–H and O–H groups in total. The molecule has 2 aromatic heterocycles. The van der Waals surface area contributed by atoms with E-state index in [1.54, 1.807) is 23.7 Å². The van der Waals surface area contributed by atoms with Gasteiger partial charge >= 0.3 is 0 Å². The molecule has 146 valence electrons. The summed E-state index contributed by atoms with van der Waals surface area (Å²) in [5.41, 5.74) is 3.46. The van der Waals surface area contributed by atoms with Gasteiger partial charge in [-0.2, -0.15) is 5.10 Å². The number of halogens is 1. The number of para-hydroxylation sites is 1. The fourth-order valence-corrected chi connectivity index (χ4v) is 3.21. The molecule has 4 aromatic rings. The number of nitrogens with zero attached hydrogens (tertiary/aromatic N) is 5. The number of carbonyl (C=O) groups is 1. The number of hydrogen-bond donors (Lipinski definition) is 1. The van der Waals surface area contributed by atoms with Gasteiger partial charge in [-0.1, -0.05) is 30.3 Å². The van der Waals surface area contributed by atoms with Gasteiger partial charge in [-0.05, 0) is 43.7 Å². The van der Waals surface area contributed by atoms with Crippen molar-refractivity contribution in [2.24, 2.45) is 0 Å². The van der Waals surface area contributed by atoms with Crippen molar-refractivity contribution in [3.63, 3.8) is 0 Å². The summed E-state index contributed by atoms with van der Waals surface area (Å²) >= 11 is 0. The van der Waals surface area contributed by atoms with E-state index in [1.807, 2.05) is 37.3 Å². The van der Waals surface area contributed by atoms with Gasteiger partial charge in [0.25, 0.3) is 5.91 Å². The topological polar surface area (TPSA) is 77.6 Å². The number of anilines is 1. The maximum atomic E-state index is 13.3. The van der Waals surface area contributed by atoms with E-state index < -0.39 is 0 Å². The SMILES string of the molecule is Cc1nn(-c2ccccc2)c(C)c1C(=O)Nc1ncn(Cc2cccc(F)c2)n1. The van der Waals surface area contributed by atoms with Crippen LogP contribution in [0.4, 0.5) is 10.3 Å². The smallest absolute Gasteiger partial charge is 0.261 e. The molecule has 0 saturated carbocycles. The molecular weight excluding hydrogens is 371 g/mol. The summed E-state index contributed by atoms with van der Waals surface area (Å²) in [5.74, 6) is -0.458. The van der Waals surface area contributed by atoms with Crippen molar-refractivity contribution in [2.75, 3.05) is 5.32 Å². The Kier molecular flexibility index (Phi) is 4.90. The van der Waals surface area contributed by atoms with Crippen molar-refractivity contribution in [1.82, 2.24) is 24.5 Å². The van der Waals surface area contributed by atoms with Crippen molar-refractivity contribution in [2.45, 2.75) is 20.4 Å². The second kappa shape index (κ2) is 7.67. The Morgan fingerprint density at radius 3 is 2.62 bits per heavy atom. The maximum Gasteiger partial charge on any atom is 0.261 e. The van der Waals surface area contributed by atoms with Gasteiger partial charge in [-0.3, -0.25) is 10.1 Å². The number of nitrogens with one attached hydrogen (secondary N) is 1. The maximum absolute atomic E-state index is 13.3. The van der Waals surface area contributed by atoms with Crippen molar-refractivity contribution < 1.29 is 9.18 Å². The lowest BCUT2D eigenvalue weighted by Gasteiger charge is -2.05. The monoisotopic (exact) mass is 390 g/mol. The Labute approximate surface area is 166 Å². The molecule has 0 aliphatic rings. The summed E-state index contributed by atoms with van der Waals surface area (Å²) in [6, 6.07) is 15.9. The minimum Gasteiger partial charge on any atom is -0.289 e. The second-order valence-corrected chi connectivity index (χ2v) is 6.64. The summed E-state index contributed by atoms with van der Waals surface area (Å²) < 4.78 is 16.6. The van der Waals surface area contributed by atoms with Gasteiger partial charge in [0, 0.05) is 0 Å². The van der Waals surface area contributed by atoms with Gasteiger partial charge < -0.3 is 0 Å². The first-order valence-electron chi connectivity index (χ1n) is 9.08. The lowest BCUT2D eigenvalue weighted by molar-refractivity contribution is 0.102. The highest BCUT2D eigenvalue weighted by molar-refractivity contribution is 6.05. The van der Waals surface area contributed by atoms with Gasteiger partial charge in [0.05, 0.1) is 29.2 Å². The number of amides is 1. The number of benzene rings is 2. The molecule has 1 amide bonds. The van der Waals surface area contributed by atoms with Crippen LogP contribution in [0.3, 0.4) is 0 Å². The zero-order chi connectivity index (χ0) is 20.4. The molecule has 0 bridgehead atoms. The average Bonchev–Trinajstić information content (AvgIpc) is 3.25. The third kappa shape index (κ3) is 3.91. The quantitative estimate of drug-likeness (QED) is 0.566. The highest BCUT2D eigenvalue weighted by atomic mass is 19.1. The molecule has 0 radical (unpaired) electrons. The van der Waals surface area contributed by atoms with E-state index in [9.17, 15) is 9.18 Å². The minimum absolute atomic E-state index is 0.178. The van der Waals surface area contributed by atoms with Crippen molar-refractivity contribution in [1.29, 1.82) is 0 Å². The zero-order valence-electron chi connectivity index (χ0n) is 16.0. The van der Waals surface area contributed by atoms with Crippen LogP contribution in [-0.2, 0) is 6.54 Å². The van der Waals surface area contributed by atoms with Crippen molar-refractivity contribution in [3.05, 3.63) is 89.3 Å². The van der Waals surface area contributed by atoms with Crippen LogP contribution < -0.4 is 5.32 Å². The van der Waals surface area contributed by atoms with Crippen molar-refractivity contribution in [3.8, 4) is 5.69 Å². The van der Waals surface area contributed by atoms with Crippen LogP contribution in [0.1, 0.15) is 27.3 Å². The molecule has 29 heavy (non-hydrogen) atoms. The molecule has 0 aliphatic heterocycles. The van der Waals surface area contributed by atoms with Crippen LogP contribution in [0, 0.1) is 19.7 Å². The third-order valence-corrected chi connectivity index (χ3v) is 4.51. The molecular formula is C21H19FN6O. The highest BCUT2D eigenvalue weighted by Crippen LogP contribution is 2.19. The van der Waals surface area contributed by atoms with Crippen LogP contribution >= 0.6 is 0 Å². The summed E-state index contributed by atoms with van der Waals surface area (Å²) in [4.78, 5) is 16.9. The minimum atomic E-state index is -0.328. The number of aryl methyl sites for hydroxylation is 1. The first-order chi connectivity index (χ1) is 14.0. The molecule has 0 aliphatic carbocycles. The molecule has 0 saturated heterocycles. The van der Waals surface area contributed by atoms with E-state index in [1.165, 1.54) is 23.1 Å². The zero-order valence-corrected chi connectivity index (χ0v) is 16.0. The predicted molar refractivity (Wildman–Crippen MR) is 107 cm³/mol. The molecule has 0 atom stereocenters. The van der Waals surface area contributed by atoms with E-state index in [2.05, 4.69) is 20.5 Å². The fraction of sp³-hybridized carbons (Fsp3) is 0.143. The number of rotatable bonds is 5. The van der Waals surface area contributed by atoms with Crippen LogP contribution in [0.25, 0.3) is 5.69 Å². The Bertz CT molecular complexity index is 1170. The van der Waals surface area contributed by atoms with E-state index in [4.69, 9.17) is 0 Å². The lowest BCUT2D eigenvalue weighted by Crippen LogP contribution is -2.15. The van der Waals surface area contributed by atoms with Crippen LogP contribution in [0.5, 0.6) is 0 Å². The first-order valence-corrected chi connectivity index (χ1v) is 9.08. The van der Waals surface area contributed by atoms with Gasteiger partial charge in [-0.15, -0.1) is 5.10 Å². The van der Waals surface area contributed by atoms with E-state index in [0.717, 1.165) is 16.9 Å². The molecule has 0 spiro atoms.